The number of sulfonamides is 1. The lowest BCUT2D eigenvalue weighted by Gasteiger charge is -2.12. The van der Waals surface area contributed by atoms with E-state index in [-0.39, 0.29) is 10.5 Å². The van der Waals surface area contributed by atoms with Crippen molar-refractivity contribution in [1.29, 1.82) is 0 Å². The highest BCUT2D eigenvalue weighted by molar-refractivity contribution is 8.01. The zero-order valence-electron chi connectivity index (χ0n) is 16.8. The Morgan fingerprint density at radius 2 is 1.83 bits per heavy atom. The molecule has 0 aliphatic rings. The first-order valence-corrected chi connectivity index (χ1v) is 12.5. The fourth-order valence-electron chi connectivity index (χ4n) is 2.54. The number of carbonyl (C=O) groups excluding carboxylic acids is 1. The predicted octanol–water partition coefficient (Wildman–Crippen LogP) is 4.71. The lowest BCUT2D eigenvalue weighted by atomic mass is 10.1. The number of hydrogen-bond donors (Lipinski definition) is 2. The third kappa shape index (κ3) is 5.59. The monoisotopic (exact) mass is 462 g/mol. The second-order valence-electron chi connectivity index (χ2n) is 6.63. The Kier molecular flexibility index (Phi) is 7.11. The summed E-state index contributed by atoms with van der Waals surface area (Å²) in [6.07, 6.45) is 1.02. The van der Waals surface area contributed by atoms with Gasteiger partial charge >= 0.3 is 0 Å². The fraction of sp³-hybridized carbons (Fsp3) is 0.250. The zero-order valence-corrected chi connectivity index (χ0v) is 19.2. The van der Waals surface area contributed by atoms with Crippen molar-refractivity contribution < 1.29 is 13.2 Å². The molecule has 0 radical (unpaired) electrons. The molecule has 1 heterocycles. The minimum absolute atomic E-state index is 0.0483. The highest BCUT2D eigenvalue weighted by atomic mass is 32.2. The molecule has 1 amide bonds. The number of aryl methyl sites for hydroxylation is 2. The van der Waals surface area contributed by atoms with Crippen molar-refractivity contribution in [3.8, 4) is 0 Å². The number of hydrogen-bond acceptors (Lipinski definition) is 7. The van der Waals surface area contributed by atoms with E-state index in [1.165, 1.54) is 17.4 Å². The summed E-state index contributed by atoms with van der Waals surface area (Å²) >= 11 is 2.87. The Morgan fingerprint density at radius 3 is 2.53 bits per heavy atom. The van der Waals surface area contributed by atoms with Gasteiger partial charge < -0.3 is 0 Å². The van der Waals surface area contributed by atoms with Gasteiger partial charge in [0.1, 0.15) is 0 Å². The molecule has 10 heteroatoms. The third-order valence-electron chi connectivity index (χ3n) is 4.10. The average Bonchev–Trinajstić information content (AvgIpc) is 3.15. The van der Waals surface area contributed by atoms with Crippen LogP contribution < -0.4 is 10.0 Å². The molecule has 2 N–H and O–H groups in total. The molecule has 3 aromatic rings. The van der Waals surface area contributed by atoms with Crippen LogP contribution in [0.1, 0.15) is 34.8 Å². The minimum Gasteiger partial charge on any atom is -0.296 e. The number of aromatic nitrogens is 2. The molecule has 30 heavy (non-hydrogen) atoms. The van der Waals surface area contributed by atoms with Gasteiger partial charge in [0.15, 0.2) is 4.34 Å². The molecule has 0 unspecified atom stereocenters. The summed E-state index contributed by atoms with van der Waals surface area (Å²) in [4.78, 5) is 12.7. The van der Waals surface area contributed by atoms with Gasteiger partial charge in [-0.3, -0.25) is 14.8 Å². The molecule has 3 rings (SSSR count). The molecule has 7 nitrogen and oxygen atoms in total. The number of thioether (sulfide) groups is 1. The Balaban J connectivity index is 1.79. The van der Waals surface area contributed by atoms with Crippen LogP contribution in [0.25, 0.3) is 0 Å². The second kappa shape index (κ2) is 9.59. The van der Waals surface area contributed by atoms with E-state index in [9.17, 15) is 13.2 Å². The summed E-state index contributed by atoms with van der Waals surface area (Å²) in [5.41, 5.74) is 2.25. The Morgan fingerprint density at radius 1 is 1.10 bits per heavy atom. The molecule has 0 fully saturated rings. The third-order valence-corrected chi connectivity index (χ3v) is 7.80. The summed E-state index contributed by atoms with van der Waals surface area (Å²) in [5.74, 6) is 0.486. The van der Waals surface area contributed by atoms with Crippen molar-refractivity contribution in [2.45, 2.75) is 36.4 Å². The Labute approximate surface area is 184 Å². The first-order chi connectivity index (χ1) is 14.3. The molecule has 0 aliphatic carbocycles. The molecular formula is C20H22N4O3S3. The van der Waals surface area contributed by atoms with Crippen LogP contribution in [0, 0.1) is 13.8 Å². The van der Waals surface area contributed by atoms with Gasteiger partial charge in [-0.2, -0.15) is 0 Å². The van der Waals surface area contributed by atoms with Crippen LogP contribution in [0.2, 0.25) is 0 Å². The topological polar surface area (TPSA) is 101 Å². The second-order valence-corrected chi connectivity index (χ2v) is 10.6. The number of amides is 1. The van der Waals surface area contributed by atoms with Crippen molar-refractivity contribution in [1.82, 2.24) is 10.2 Å². The van der Waals surface area contributed by atoms with Gasteiger partial charge in [0.2, 0.25) is 5.13 Å². The standard InChI is InChI=1S/C20H22N4O3S3/c1-4-11-28-20-23-22-19(29-20)21-18(25)15-8-7-14(3)17(12-15)30(26,27)24-16-9-5-13(2)6-10-16/h5-10,12,24H,4,11H2,1-3H3,(H,21,22,25). The van der Waals surface area contributed by atoms with E-state index < -0.39 is 15.9 Å². The summed E-state index contributed by atoms with van der Waals surface area (Å²) in [5, 5.41) is 11.1. The van der Waals surface area contributed by atoms with Crippen LogP contribution in [0.4, 0.5) is 10.8 Å². The van der Waals surface area contributed by atoms with Gasteiger partial charge in [-0.05, 0) is 50.1 Å². The van der Waals surface area contributed by atoms with Crippen molar-refractivity contribution in [3.63, 3.8) is 0 Å². The molecule has 0 saturated heterocycles. The number of benzene rings is 2. The number of nitrogens with zero attached hydrogens (tertiary/aromatic N) is 2. The first kappa shape index (κ1) is 22.3. The maximum Gasteiger partial charge on any atom is 0.262 e. The molecule has 0 saturated carbocycles. The summed E-state index contributed by atoms with van der Waals surface area (Å²) in [7, 11) is -3.85. The highest BCUT2D eigenvalue weighted by Crippen LogP contribution is 2.27. The van der Waals surface area contributed by atoms with E-state index in [0.717, 1.165) is 22.1 Å². The highest BCUT2D eigenvalue weighted by Gasteiger charge is 2.20. The van der Waals surface area contributed by atoms with Crippen LogP contribution >= 0.6 is 23.1 Å². The molecule has 0 atom stereocenters. The Hall–Kier alpha value is -2.43. The van der Waals surface area contributed by atoms with Crippen molar-refractivity contribution >= 4 is 49.8 Å². The maximum absolute atomic E-state index is 12.9. The van der Waals surface area contributed by atoms with Crippen LogP contribution in [-0.4, -0.2) is 30.3 Å². The largest absolute Gasteiger partial charge is 0.296 e. The average molecular weight is 463 g/mol. The van der Waals surface area contributed by atoms with Crippen molar-refractivity contribution in [2.24, 2.45) is 0 Å². The molecule has 0 spiro atoms. The maximum atomic E-state index is 12.9. The van der Waals surface area contributed by atoms with Gasteiger partial charge in [-0.1, -0.05) is 53.8 Å². The van der Waals surface area contributed by atoms with E-state index in [4.69, 9.17) is 0 Å². The van der Waals surface area contributed by atoms with Crippen LogP contribution in [0.5, 0.6) is 0 Å². The first-order valence-electron chi connectivity index (χ1n) is 9.26. The Bertz CT molecular complexity index is 1140. The van der Waals surface area contributed by atoms with Crippen LogP contribution in [-0.2, 0) is 10.0 Å². The zero-order chi connectivity index (χ0) is 21.7. The van der Waals surface area contributed by atoms with Gasteiger partial charge in [0.05, 0.1) is 4.90 Å². The summed E-state index contributed by atoms with van der Waals surface area (Å²) in [6.45, 7) is 5.69. The van der Waals surface area contributed by atoms with Gasteiger partial charge in [0.25, 0.3) is 15.9 Å². The SMILES string of the molecule is CCCSc1nnc(NC(=O)c2ccc(C)c(S(=O)(=O)Nc3ccc(C)cc3)c2)s1. The number of nitrogens with one attached hydrogen (secondary N) is 2. The van der Waals surface area contributed by atoms with Gasteiger partial charge in [0, 0.05) is 17.0 Å². The quantitative estimate of drug-likeness (QED) is 0.371. The smallest absolute Gasteiger partial charge is 0.262 e. The van der Waals surface area contributed by atoms with E-state index >= 15 is 0 Å². The van der Waals surface area contributed by atoms with Crippen LogP contribution in [0.3, 0.4) is 0 Å². The predicted molar refractivity (Wildman–Crippen MR) is 122 cm³/mol. The molecule has 158 valence electrons. The molecule has 0 bridgehead atoms. The summed E-state index contributed by atoms with van der Waals surface area (Å²) in [6, 6.07) is 11.6. The van der Waals surface area contributed by atoms with E-state index in [0.29, 0.717) is 16.4 Å². The number of carbonyl (C=O) groups is 1. The van der Waals surface area contributed by atoms with E-state index in [1.54, 1.807) is 43.0 Å². The molecular weight excluding hydrogens is 440 g/mol. The normalized spacial score (nSPS) is 11.3. The van der Waals surface area contributed by atoms with E-state index in [1.807, 2.05) is 19.1 Å². The van der Waals surface area contributed by atoms with E-state index in [2.05, 4.69) is 27.2 Å². The molecule has 1 aromatic heterocycles. The minimum atomic E-state index is -3.85. The lowest BCUT2D eigenvalue weighted by molar-refractivity contribution is 0.102. The van der Waals surface area contributed by atoms with Crippen molar-refractivity contribution in [2.75, 3.05) is 15.8 Å². The van der Waals surface area contributed by atoms with Gasteiger partial charge in [-0.15, -0.1) is 10.2 Å². The number of rotatable bonds is 8. The van der Waals surface area contributed by atoms with Crippen LogP contribution in [0.15, 0.2) is 51.7 Å². The lowest BCUT2D eigenvalue weighted by Crippen LogP contribution is -2.17. The summed E-state index contributed by atoms with van der Waals surface area (Å²) < 4.78 is 29.1. The van der Waals surface area contributed by atoms with Crippen molar-refractivity contribution in [3.05, 3.63) is 59.2 Å². The van der Waals surface area contributed by atoms with Gasteiger partial charge in [-0.25, -0.2) is 8.42 Å². The number of anilines is 2. The fourth-order valence-corrected chi connectivity index (χ4v) is 5.54. The molecule has 0 aliphatic heterocycles. The molecule has 2 aromatic carbocycles.